The molecule has 0 bridgehead atoms. The van der Waals surface area contributed by atoms with E-state index in [0.717, 1.165) is 5.56 Å². The number of anilines is 3. The minimum Gasteiger partial charge on any atom is -0.336 e. The molecule has 1 aromatic carbocycles. The van der Waals surface area contributed by atoms with Gasteiger partial charge in [-0.1, -0.05) is 24.6 Å². The van der Waals surface area contributed by atoms with Gasteiger partial charge in [0.25, 0.3) is 0 Å². The van der Waals surface area contributed by atoms with Crippen LogP contribution in [0.1, 0.15) is 12.5 Å². The Morgan fingerprint density at radius 2 is 2.05 bits per heavy atom. The van der Waals surface area contributed by atoms with Gasteiger partial charge in [-0.25, -0.2) is 20.2 Å². The van der Waals surface area contributed by atoms with Crippen molar-refractivity contribution in [3.05, 3.63) is 40.9 Å². The molecule has 1 aromatic heterocycles. The van der Waals surface area contributed by atoms with Crippen LogP contribution in [0, 0.1) is 5.82 Å². The summed E-state index contributed by atoms with van der Waals surface area (Å²) in [5.74, 6) is 5.89. The molecule has 19 heavy (non-hydrogen) atoms. The third kappa shape index (κ3) is 2.74. The van der Waals surface area contributed by atoms with E-state index in [1.807, 2.05) is 6.92 Å². The molecule has 1 heterocycles. The van der Waals surface area contributed by atoms with Crippen LogP contribution in [0.2, 0.25) is 5.02 Å². The minimum absolute atomic E-state index is 0.181. The van der Waals surface area contributed by atoms with Gasteiger partial charge in [-0.3, -0.25) is 0 Å². The predicted molar refractivity (Wildman–Crippen MR) is 73.9 cm³/mol. The first-order chi connectivity index (χ1) is 9.17. The maximum atomic E-state index is 13.7. The summed E-state index contributed by atoms with van der Waals surface area (Å²) in [5.41, 5.74) is 3.42. The second-order valence-electron chi connectivity index (χ2n) is 3.77. The summed E-state index contributed by atoms with van der Waals surface area (Å²) >= 11 is 5.96. The van der Waals surface area contributed by atoms with Crippen LogP contribution in [0.3, 0.4) is 0 Å². The highest BCUT2D eigenvalue weighted by Gasteiger charge is 2.13. The lowest BCUT2D eigenvalue weighted by Crippen LogP contribution is -2.13. The van der Waals surface area contributed by atoms with Gasteiger partial charge in [0.15, 0.2) is 0 Å². The molecule has 100 valence electrons. The average molecular weight is 282 g/mol. The standard InChI is InChI=1S/C12H13ClFN5/c1-2-7-11(16-6-17-12(7)19-15)18-10-8(13)4-3-5-9(10)14/h3-6H,2,15H2,1H3,(H2,16,17,18,19). The molecule has 0 spiro atoms. The van der Waals surface area contributed by atoms with Crippen molar-refractivity contribution in [2.75, 3.05) is 10.7 Å². The Labute approximate surface area is 115 Å². The first-order valence-electron chi connectivity index (χ1n) is 5.68. The van der Waals surface area contributed by atoms with E-state index in [1.54, 1.807) is 6.07 Å². The lowest BCUT2D eigenvalue weighted by molar-refractivity contribution is 0.632. The van der Waals surface area contributed by atoms with Gasteiger partial charge in [-0.15, -0.1) is 0 Å². The van der Waals surface area contributed by atoms with Crippen molar-refractivity contribution in [3.63, 3.8) is 0 Å². The van der Waals surface area contributed by atoms with Crippen molar-refractivity contribution in [2.45, 2.75) is 13.3 Å². The second kappa shape index (κ2) is 5.81. The molecular formula is C12H13ClFN5. The fourth-order valence-electron chi connectivity index (χ4n) is 1.71. The normalized spacial score (nSPS) is 10.3. The van der Waals surface area contributed by atoms with Crippen LogP contribution in [-0.4, -0.2) is 9.97 Å². The number of nitrogens with two attached hydrogens (primary N) is 1. The van der Waals surface area contributed by atoms with Crippen LogP contribution in [-0.2, 0) is 6.42 Å². The summed E-state index contributed by atoms with van der Waals surface area (Å²) in [7, 11) is 0. The Morgan fingerprint density at radius 3 is 2.68 bits per heavy atom. The molecule has 0 amide bonds. The lowest BCUT2D eigenvalue weighted by atomic mass is 10.2. The Balaban J connectivity index is 2.44. The molecule has 0 saturated heterocycles. The molecule has 0 radical (unpaired) electrons. The van der Waals surface area contributed by atoms with E-state index in [1.165, 1.54) is 18.5 Å². The van der Waals surface area contributed by atoms with Gasteiger partial charge < -0.3 is 10.7 Å². The summed E-state index contributed by atoms with van der Waals surface area (Å²) in [4.78, 5) is 8.09. The predicted octanol–water partition coefficient (Wildman–Crippen LogP) is 2.86. The fraction of sp³-hybridized carbons (Fsp3) is 0.167. The van der Waals surface area contributed by atoms with Gasteiger partial charge in [-0.2, -0.15) is 0 Å². The second-order valence-corrected chi connectivity index (χ2v) is 4.18. The van der Waals surface area contributed by atoms with E-state index < -0.39 is 5.82 Å². The molecule has 0 fully saturated rings. The van der Waals surface area contributed by atoms with Crippen molar-refractivity contribution < 1.29 is 4.39 Å². The SMILES string of the molecule is CCc1c(NN)ncnc1Nc1c(F)cccc1Cl. The zero-order valence-corrected chi connectivity index (χ0v) is 11.0. The number of halogens is 2. The molecule has 0 aliphatic rings. The highest BCUT2D eigenvalue weighted by molar-refractivity contribution is 6.33. The Kier molecular flexibility index (Phi) is 4.13. The Bertz CT molecular complexity index is 570. The molecule has 5 nitrogen and oxygen atoms in total. The summed E-state index contributed by atoms with van der Waals surface area (Å²) in [6.07, 6.45) is 1.97. The van der Waals surface area contributed by atoms with E-state index in [0.29, 0.717) is 18.1 Å². The van der Waals surface area contributed by atoms with Gasteiger partial charge in [-0.05, 0) is 18.6 Å². The van der Waals surface area contributed by atoms with Crippen molar-refractivity contribution in [2.24, 2.45) is 5.84 Å². The fourth-order valence-corrected chi connectivity index (χ4v) is 1.93. The number of nitrogens with zero attached hydrogens (tertiary/aromatic N) is 2. The summed E-state index contributed by atoms with van der Waals surface area (Å²) < 4.78 is 13.7. The summed E-state index contributed by atoms with van der Waals surface area (Å²) in [5, 5.41) is 3.16. The van der Waals surface area contributed by atoms with Crippen LogP contribution in [0.25, 0.3) is 0 Å². The first-order valence-corrected chi connectivity index (χ1v) is 6.06. The number of aromatic nitrogens is 2. The zero-order valence-electron chi connectivity index (χ0n) is 10.2. The number of hydrogen-bond acceptors (Lipinski definition) is 5. The monoisotopic (exact) mass is 281 g/mol. The van der Waals surface area contributed by atoms with Crippen LogP contribution in [0.4, 0.5) is 21.7 Å². The van der Waals surface area contributed by atoms with E-state index in [9.17, 15) is 4.39 Å². The summed E-state index contributed by atoms with van der Waals surface area (Å²) in [6, 6.07) is 4.46. The van der Waals surface area contributed by atoms with Crippen molar-refractivity contribution in [1.82, 2.24) is 9.97 Å². The van der Waals surface area contributed by atoms with Crippen LogP contribution >= 0.6 is 11.6 Å². The van der Waals surface area contributed by atoms with E-state index >= 15 is 0 Å². The maximum Gasteiger partial charge on any atom is 0.148 e. The Morgan fingerprint density at radius 1 is 1.32 bits per heavy atom. The highest BCUT2D eigenvalue weighted by Crippen LogP contribution is 2.30. The minimum atomic E-state index is -0.449. The number of nitrogen functional groups attached to an aromatic ring is 1. The molecule has 0 atom stereocenters. The van der Waals surface area contributed by atoms with Crippen molar-refractivity contribution in [3.8, 4) is 0 Å². The smallest absolute Gasteiger partial charge is 0.148 e. The van der Waals surface area contributed by atoms with Crippen molar-refractivity contribution in [1.29, 1.82) is 0 Å². The van der Waals surface area contributed by atoms with E-state index in [-0.39, 0.29) is 10.7 Å². The number of benzene rings is 1. The molecule has 0 saturated carbocycles. The van der Waals surface area contributed by atoms with Crippen molar-refractivity contribution >= 4 is 28.9 Å². The molecular weight excluding hydrogens is 269 g/mol. The van der Waals surface area contributed by atoms with Gasteiger partial charge in [0.1, 0.15) is 23.8 Å². The van der Waals surface area contributed by atoms with Gasteiger partial charge in [0.05, 0.1) is 10.7 Å². The number of nitrogens with one attached hydrogen (secondary N) is 2. The number of hydrogen-bond donors (Lipinski definition) is 3. The first kappa shape index (κ1) is 13.5. The maximum absolute atomic E-state index is 13.7. The third-order valence-corrected chi connectivity index (χ3v) is 2.96. The Hall–Kier alpha value is -1.92. The van der Waals surface area contributed by atoms with Crippen LogP contribution in [0.5, 0.6) is 0 Å². The molecule has 7 heteroatoms. The van der Waals surface area contributed by atoms with Gasteiger partial charge >= 0.3 is 0 Å². The molecule has 0 unspecified atom stereocenters. The number of para-hydroxylation sites is 1. The van der Waals surface area contributed by atoms with E-state index in [2.05, 4.69) is 20.7 Å². The average Bonchev–Trinajstić information content (AvgIpc) is 2.42. The number of hydrazine groups is 1. The highest BCUT2D eigenvalue weighted by atomic mass is 35.5. The number of rotatable bonds is 4. The summed E-state index contributed by atoms with van der Waals surface area (Å²) in [6.45, 7) is 1.92. The molecule has 0 aliphatic carbocycles. The topological polar surface area (TPSA) is 75.9 Å². The van der Waals surface area contributed by atoms with E-state index in [4.69, 9.17) is 17.4 Å². The zero-order chi connectivity index (χ0) is 13.8. The largest absolute Gasteiger partial charge is 0.336 e. The van der Waals surface area contributed by atoms with Crippen LogP contribution < -0.4 is 16.6 Å². The molecule has 4 N–H and O–H groups in total. The quantitative estimate of drug-likeness (QED) is 0.593. The van der Waals surface area contributed by atoms with Crippen LogP contribution in [0.15, 0.2) is 24.5 Å². The molecule has 0 aliphatic heterocycles. The third-order valence-electron chi connectivity index (χ3n) is 2.64. The van der Waals surface area contributed by atoms with Gasteiger partial charge in [0.2, 0.25) is 0 Å². The molecule has 2 aromatic rings. The van der Waals surface area contributed by atoms with Gasteiger partial charge in [0, 0.05) is 5.56 Å². The molecule has 2 rings (SSSR count). The lowest BCUT2D eigenvalue weighted by Gasteiger charge is -2.13.